The van der Waals surface area contributed by atoms with Crippen molar-refractivity contribution in [3.05, 3.63) is 53.6 Å². The molecule has 0 amide bonds. The molecule has 20 heavy (non-hydrogen) atoms. The fourth-order valence-electron chi connectivity index (χ4n) is 2.63. The van der Waals surface area contributed by atoms with E-state index in [9.17, 15) is 0 Å². The van der Waals surface area contributed by atoms with Crippen LogP contribution in [0.25, 0.3) is 0 Å². The van der Waals surface area contributed by atoms with Gasteiger partial charge in [-0.15, -0.1) is 0 Å². The fourth-order valence-corrected chi connectivity index (χ4v) is 2.63. The van der Waals surface area contributed by atoms with E-state index in [1.54, 1.807) is 0 Å². The highest BCUT2D eigenvalue weighted by molar-refractivity contribution is 5.35. The quantitative estimate of drug-likeness (QED) is 0.925. The number of aryl methyl sites for hydroxylation is 1. The van der Waals surface area contributed by atoms with Crippen LogP contribution in [-0.4, -0.2) is 16.6 Å². The van der Waals surface area contributed by atoms with Crippen molar-refractivity contribution in [3.8, 4) is 0 Å². The molecule has 2 aromatic rings. The summed E-state index contributed by atoms with van der Waals surface area (Å²) < 4.78 is 2.09. The number of nitrogens with zero attached hydrogens (tertiary/aromatic N) is 2. The Bertz CT molecular complexity index is 564. The zero-order chi connectivity index (χ0) is 14.8. The summed E-state index contributed by atoms with van der Waals surface area (Å²) in [6.07, 6.45) is 4.75. The largest absolute Gasteiger partial charge is 0.338 e. The number of likely N-dealkylation sites (N-methyl/N-ethyl adjacent to an activating group) is 1. The summed E-state index contributed by atoms with van der Waals surface area (Å²) in [6.45, 7) is 6.79. The number of imidazole rings is 1. The van der Waals surface area contributed by atoms with E-state index in [-0.39, 0.29) is 11.5 Å². The lowest BCUT2D eigenvalue weighted by Gasteiger charge is -2.27. The lowest BCUT2D eigenvalue weighted by molar-refractivity contribution is 0.526. The van der Waals surface area contributed by atoms with Crippen LogP contribution in [-0.2, 0) is 18.9 Å². The first-order chi connectivity index (χ1) is 9.43. The molecular formula is C17H25N3. The van der Waals surface area contributed by atoms with Crippen molar-refractivity contribution >= 4 is 0 Å². The molecule has 1 N–H and O–H groups in total. The van der Waals surface area contributed by atoms with Gasteiger partial charge < -0.3 is 9.88 Å². The molecule has 0 saturated heterocycles. The number of hydrogen-bond donors (Lipinski definition) is 1. The van der Waals surface area contributed by atoms with Crippen LogP contribution in [0.3, 0.4) is 0 Å². The first-order valence-electron chi connectivity index (χ1n) is 7.16. The number of aromatic nitrogens is 2. The maximum absolute atomic E-state index is 4.44. The molecular weight excluding hydrogens is 246 g/mol. The first kappa shape index (κ1) is 14.8. The third-order valence-electron chi connectivity index (χ3n) is 3.80. The summed E-state index contributed by atoms with van der Waals surface area (Å²) in [5, 5.41) is 3.44. The molecule has 1 aromatic carbocycles. The van der Waals surface area contributed by atoms with E-state index in [2.05, 4.69) is 59.9 Å². The predicted molar refractivity (Wildman–Crippen MR) is 83.9 cm³/mol. The number of nitrogens with one attached hydrogen (secondary N) is 1. The molecule has 0 aliphatic rings. The second-order valence-corrected chi connectivity index (χ2v) is 6.34. The first-order valence-corrected chi connectivity index (χ1v) is 7.16. The average molecular weight is 271 g/mol. The van der Waals surface area contributed by atoms with Gasteiger partial charge >= 0.3 is 0 Å². The van der Waals surface area contributed by atoms with Gasteiger partial charge in [-0.2, -0.15) is 0 Å². The van der Waals surface area contributed by atoms with Crippen molar-refractivity contribution < 1.29 is 0 Å². The van der Waals surface area contributed by atoms with Gasteiger partial charge in [-0.25, -0.2) is 4.98 Å². The highest BCUT2D eigenvalue weighted by Crippen LogP contribution is 2.30. The normalized spacial score (nSPS) is 13.4. The lowest BCUT2D eigenvalue weighted by atomic mass is 9.81. The Kier molecular flexibility index (Phi) is 4.29. The minimum Gasteiger partial charge on any atom is -0.338 e. The molecule has 0 saturated carbocycles. The number of rotatable bonds is 4. The van der Waals surface area contributed by atoms with Crippen molar-refractivity contribution in [2.24, 2.45) is 7.05 Å². The number of benzene rings is 1. The molecule has 3 heteroatoms. The van der Waals surface area contributed by atoms with Crippen molar-refractivity contribution in [1.82, 2.24) is 14.9 Å². The minimum atomic E-state index is 0.146. The maximum atomic E-state index is 4.44. The van der Waals surface area contributed by atoms with Gasteiger partial charge in [0.25, 0.3) is 0 Å². The van der Waals surface area contributed by atoms with Gasteiger partial charge in [-0.3, -0.25) is 0 Å². The maximum Gasteiger partial charge on any atom is 0.110 e. The summed E-state index contributed by atoms with van der Waals surface area (Å²) in [6, 6.07) is 8.99. The van der Waals surface area contributed by atoms with Crippen LogP contribution >= 0.6 is 0 Å². The van der Waals surface area contributed by atoms with Crippen LogP contribution < -0.4 is 5.32 Å². The highest BCUT2D eigenvalue weighted by atomic mass is 15.0. The Labute approximate surface area is 122 Å². The molecule has 0 radical (unpaired) electrons. The number of hydrogen-bond acceptors (Lipinski definition) is 2. The molecule has 1 unspecified atom stereocenters. The summed E-state index contributed by atoms with van der Waals surface area (Å²) in [5.74, 6) is 1.10. The van der Waals surface area contributed by atoms with E-state index < -0.39 is 0 Å². The van der Waals surface area contributed by atoms with Gasteiger partial charge in [-0.1, -0.05) is 45.0 Å². The molecule has 1 aromatic heterocycles. The Morgan fingerprint density at radius 1 is 1.25 bits per heavy atom. The third-order valence-corrected chi connectivity index (χ3v) is 3.80. The molecule has 3 nitrogen and oxygen atoms in total. The predicted octanol–water partition coefficient (Wildman–Crippen LogP) is 3.22. The zero-order valence-corrected chi connectivity index (χ0v) is 13.1. The van der Waals surface area contributed by atoms with Crippen LogP contribution in [0.1, 0.15) is 43.8 Å². The summed E-state index contributed by atoms with van der Waals surface area (Å²) >= 11 is 0. The highest BCUT2D eigenvalue weighted by Gasteiger charge is 2.22. The molecule has 1 heterocycles. The molecule has 0 aliphatic heterocycles. The van der Waals surface area contributed by atoms with E-state index in [0.29, 0.717) is 0 Å². The molecule has 1 atom stereocenters. The van der Waals surface area contributed by atoms with Gasteiger partial charge in [0.15, 0.2) is 0 Å². The molecule has 2 rings (SSSR count). The smallest absolute Gasteiger partial charge is 0.110 e. The van der Waals surface area contributed by atoms with E-state index in [1.807, 2.05) is 26.5 Å². The molecule has 108 valence electrons. The standard InChI is InChI=1S/C17H25N3/c1-17(2,3)14-9-7-6-8-13(14)15(18-4)12-16-19-10-11-20(16)5/h6-11,15,18H,12H2,1-5H3. The average Bonchev–Trinajstić information content (AvgIpc) is 2.80. The van der Waals surface area contributed by atoms with Gasteiger partial charge in [0.1, 0.15) is 5.82 Å². The Morgan fingerprint density at radius 2 is 1.95 bits per heavy atom. The lowest BCUT2D eigenvalue weighted by Crippen LogP contribution is -2.25. The van der Waals surface area contributed by atoms with Crippen molar-refractivity contribution in [2.45, 2.75) is 38.6 Å². The molecule has 0 aliphatic carbocycles. The van der Waals surface area contributed by atoms with Crippen LogP contribution in [0, 0.1) is 0 Å². The van der Waals surface area contributed by atoms with Crippen LogP contribution in [0.2, 0.25) is 0 Å². The Morgan fingerprint density at radius 3 is 2.50 bits per heavy atom. The van der Waals surface area contributed by atoms with E-state index in [0.717, 1.165) is 12.2 Å². The van der Waals surface area contributed by atoms with Gasteiger partial charge in [0, 0.05) is 31.9 Å². The van der Waals surface area contributed by atoms with Gasteiger partial charge in [-0.05, 0) is 23.6 Å². The van der Waals surface area contributed by atoms with Crippen molar-refractivity contribution in [2.75, 3.05) is 7.05 Å². The van der Waals surface area contributed by atoms with Crippen LogP contribution in [0.5, 0.6) is 0 Å². The summed E-state index contributed by atoms with van der Waals surface area (Å²) in [5.41, 5.74) is 2.91. The van der Waals surface area contributed by atoms with E-state index in [4.69, 9.17) is 0 Å². The van der Waals surface area contributed by atoms with E-state index >= 15 is 0 Å². The summed E-state index contributed by atoms with van der Waals surface area (Å²) in [4.78, 5) is 4.44. The SMILES string of the molecule is CNC(Cc1nccn1C)c1ccccc1C(C)(C)C. The summed E-state index contributed by atoms with van der Waals surface area (Å²) in [7, 11) is 4.07. The Balaban J connectivity index is 2.35. The van der Waals surface area contributed by atoms with E-state index in [1.165, 1.54) is 11.1 Å². The fraction of sp³-hybridized carbons (Fsp3) is 0.471. The van der Waals surface area contributed by atoms with Gasteiger partial charge in [0.2, 0.25) is 0 Å². The molecule has 0 spiro atoms. The second kappa shape index (κ2) is 5.80. The third kappa shape index (κ3) is 3.10. The molecule has 0 bridgehead atoms. The Hall–Kier alpha value is -1.61. The van der Waals surface area contributed by atoms with Crippen molar-refractivity contribution in [3.63, 3.8) is 0 Å². The monoisotopic (exact) mass is 271 g/mol. The zero-order valence-electron chi connectivity index (χ0n) is 13.1. The van der Waals surface area contributed by atoms with Crippen LogP contribution in [0.15, 0.2) is 36.7 Å². The molecule has 0 fully saturated rings. The van der Waals surface area contributed by atoms with Crippen molar-refractivity contribution in [1.29, 1.82) is 0 Å². The topological polar surface area (TPSA) is 29.9 Å². The van der Waals surface area contributed by atoms with Gasteiger partial charge in [0.05, 0.1) is 0 Å². The van der Waals surface area contributed by atoms with Crippen LogP contribution in [0.4, 0.5) is 0 Å². The second-order valence-electron chi connectivity index (χ2n) is 6.34. The minimum absolute atomic E-state index is 0.146.